The minimum Gasteiger partial charge on any atom is -0.474 e. The van der Waals surface area contributed by atoms with Gasteiger partial charge in [0.1, 0.15) is 45.7 Å². The van der Waals surface area contributed by atoms with E-state index < -0.39 is 60.3 Å². The molecule has 52 heavy (non-hydrogen) atoms. The van der Waals surface area contributed by atoms with Crippen LogP contribution in [0.4, 0.5) is 0 Å². The summed E-state index contributed by atoms with van der Waals surface area (Å²) in [5, 5.41) is 16.8. The Bertz CT molecular complexity index is 1580. The van der Waals surface area contributed by atoms with Gasteiger partial charge in [-0.1, -0.05) is 68.2 Å². The highest BCUT2D eigenvalue weighted by atomic mass is 32.1. The Labute approximate surface area is 313 Å². The summed E-state index contributed by atoms with van der Waals surface area (Å²) in [5.74, 6) is -1.19. The first-order valence-corrected chi connectivity index (χ1v) is 20.0. The molecule has 2 aromatic rings. The summed E-state index contributed by atoms with van der Waals surface area (Å²) < 4.78 is 12.3. The van der Waals surface area contributed by atoms with Crippen LogP contribution in [0.1, 0.15) is 125 Å². The lowest BCUT2D eigenvalue weighted by Crippen LogP contribution is -2.46. The highest BCUT2D eigenvalue weighted by Crippen LogP contribution is 2.30. The van der Waals surface area contributed by atoms with Gasteiger partial charge in [0.2, 0.25) is 23.6 Å². The minimum absolute atomic E-state index is 0.0604. The van der Waals surface area contributed by atoms with Crippen molar-refractivity contribution >= 4 is 58.1 Å². The maximum absolute atomic E-state index is 13.8. The van der Waals surface area contributed by atoms with E-state index in [-0.39, 0.29) is 58.7 Å². The average Bonchev–Trinajstić information content (AvgIpc) is 3.92. The van der Waals surface area contributed by atoms with Crippen LogP contribution < -0.4 is 21.3 Å². The van der Waals surface area contributed by atoms with Crippen LogP contribution in [0.3, 0.4) is 0 Å². The van der Waals surface area contributed by atoms with Crippen molar-refractivity contribution in [1.29, 1.82) is 0 Å². The lowest BCUT2D eigenvalue weighted by Gasteiger charge is -2.24. The molecule has 0 saturated heterocycles. The Morgan fingerprint density at radius 2 is 0.981 bits per heavy atom. The Hall–Kier alpha value is -3.92. The van der Waals surface area contributed by atoms with E-state index in [4.69, 9.17) is 19.5 Å². The van der Waals surface area contributed by atoms with Crippen molar-refractivity contribution < 1.29 is 28.7 Å². The number of aliphatic imine (C=N–C) groups is 2. The summed E-state index contributed by atoms with van der Waals surface area (Å²) in [7, 11) is 0. The van der Waals surface area contributed by atoms with Crippen molar-refractivity contribution in [2.45, 2.75) is 131 Å². The van der Waals surface area contributed by atoms with E-state index in [1.54, 1.807) is 24.6 Å². The Morgan fingerprint density at radius 3 is 1.31 bits per heavy atom. The van der Waals surface area contributed by atoms with Gasteiger partial charge in [-0.2, -0.15) is 0 Å². The van der Waals surface area contributed by atoms with Crippen LogP contribution in [0.5, 0.6) is 0 Å². The van der Waals surface area contributed by atoms with Gasteiger partial charge in [0, 0.05) is 10.8 Å². The molecule has 5 rings (SSSR count). The van der Waals surface area contributed by atoms with Gasteiger partial charge in [-0.3, -0.25) is 19.2 Å². The molecule has 0 unspecified atom stereocenters. The van der Waals surface area contributed by atoms with Crippen molar-refractivity contribution in [2.24, 2.45) is 33.7 Å². The summed E-state index contributed by atoms with van der Waals surface area (Å²) in [6.07, 6.45) is 0.257. The summed E-state index contributed by atoms with van der Waals surface area (Å²) >= 11 is 2.57. The highest BCUT2D eigenvalue weighted by Gasteiger charge is 2.42. The molecular weight excluding hydrogens is 705 g/mol. The third-order valence-electron chi connectivity index (χ3n) is 10.1. The minimum atomic E-state index is -0.857. The smallest absolute Gasteiger partial charge is 0.271 e. The van der Waals surface area contributed by atoms with E-state index in [0.29, 0.717) is 22.9 Å². The van der Waals surface area contributed by atoms with E-state index >= 15 is 0 Å². The summed E-state index contributed by atoms with van der Waals surface area (Å²) in [5.41, 5.74) is 0.410. The predicted molar refractivity (Wildman–Crippen MR) is 201 cm³/mol. The number of rotatable bonds is 6. The Morgan fingerprint density at radius 1 is 0.615 bits per heavy atom. The van der Waals surface area contributed by atoms with Crippen LogP contribution in [-0.2, 0) is 19.1 Å². The van der Waals surface area contributed by atoms with Gasteiger partial charge in [-0.05, 0) is 37.5 Å². The number of amides is 4. The number of fused-ring (bicyclic) bond motifs is 6. The number of ether oxygens (including phenoxy) is 2. The van der Waals surface area contributed by atoms with Gasteiger partial charge in [0.05, 0.1) is 12.1 Å². The molecule has 0 aliphatic carbocycles. The molecule has 3 aliphatic rings. The SMILES string of the molecule is CC[C@@H](C)[C@@H]1NC(=O)c2csc(n2)[C@@H](C(C)C)NC(=O)[C@@H]2N=C(O[C@H]2C)[C@@H]([C@@H](C)CC)NC(=O)c2csc(n2)[C@H](C(C)C)NC(=O)[C@@H]2N=C1O[C@H]2C. The molecule has 4 N–H and O–H groups in total. The molecule has 0 aromatic carbocycles. The molecule has 16 heteroatoms. The number of carbonyl (C=O) groups is 4. The van der Waals surface area contributed by atoms with Crippen molar-refractivity contribution in [1.82, 2.24) is 31.2 Å². The molecule has 8 bridgehead atoms. The fourth-order valence-electron chi connectivity index (χ4n) is 6.28. The standard InChI is InChI=1S/C36H52N8O6S2/c1-11-17(7)25-33-43-27(19(9)49-33)31(47)39-24(16(5)6)36-38-22(14-52-36)30(46)42-26(18(8)12-2)34-44-28(20(10)50-34)32(48)40-23(15(3)4)35-37-21(13-51-35)29(45)41-25/h13-20,23-28H,11-12H2,1-10H3,(H,39,47)(H,40,48)(H,41,45)(H,42,46)/t17-,18+,19-,20-,23-,24+,25+,26-,27+,28+/m0/s1. The predicted octanol–water partition coefficient (Wildman–Crippen LogP) is 4.60. The maximum Gasteiger partial charge on any atom is 0.271 e. The van der Waals surface area contributed by atoms with Gasteiger partial charge in [0.15, 0.2) is 12.1 Å². The lowest BCUT2D eigenvalue weighted by molar-refractivity contribution is -0.125. The third-order valence-corrected chi connectivity index (χ3v) is 11.9. The number of hydrogen-bond donors (Lipinski definition) is 4. The van der Waals surface area contributed by atoms with E-state index in [9.17, 15) is 19.2 Å². The van der Waals surface area contributed by atoms with Crippen LogP contribution in [0.2, 0.25) is 0 Å². The molecule has 0 fully saturated rings. The average molecular weight is 757 g/mol. The number of nitrogens with one attached hydrogen (secondary N) is 4. The highest BCUT2D eigenvalue weighted by molar-refractivity contribution is 7.10. The van der Waals surface area contributed by atoms with Crippen LogP contribution in [0.15, 0.2) is 20.7 Å². The summed E-state index contributed by atoms with van der Waals surface area (Å²) in [4.78, 5) is 73.7. The fraction of sp³-hybridized carbons (Fsp3) is 0.667. The van der Waals surface area contributed by atoms with Crippen LogP contribution in [0.25, 0.3) is 0 Å². The van der Waals surface area contributed by atoms with Crippen LogP contribution >= 0.6 is 22.7 Å². The Balaban J connectivity index is 1.55. The quantitative estimate of drug-likeness (QED) is 0.330. The third kappa shape index (κ3) is 8.32. The molecule has 2 aromatic heterocycles. The molecule has 0 saturated carbocycles. The molecule has 5 heterocycles. The first-order valence-electron chi connectivity index (χ1n) is 18.2. The normalized spacial score (nSPS) is 29.8. The molecular formula is C36H52N8O6S2. The molecule has 3 aliphatic heterocycles. The topological polar surface area (TPSA) is 185 Å². The van der Waals surface area contributed by atoms with Crippen LogP contribution in [0, 0.1) is 23.7 Å². The molecule has 0 spiro atoms. The first kappa shape index (κ1) is 39.3. The molecule has 0 radical (unpaired) electrons. The van der Waals surface area contributed by atoms with Gasteiger partial charge in [-0.25, -0.2) is 20.0 Å². The second kappa shape index (κ2) is 16.4. The van der Waals surface area contributed by atoms with E-state index in [1.165, 1.54) is 22.7 Å². The lowest BCUT2D eigenvalue weighted by atomic mass is 9.98. The second-order valence-electron chi connectivity index (χ2n) is 14.7. The first-order chi connectivity index (χ1) is 24.6. The zero-order chi connectivity index (χ0) is 38.0. The number of nitrogens with zero attached hydrogens (tertiary/aromatic N) is 4. The zero-order valence-electron chi connectivity index (χ0n) is 31.6. The number of carbonyl (C=O) groups excluding carboxylic acids is 4. The monoisotopic (exact) mass is 756 g/mol. The number of aromatic nitrogens is 2. The zero-order valence-corrected chi connectivity index (χ0v) is 33.2. The summed E-state index contributed by atoms with van der Waals surface area (Å²) in [6, 6.07) is -3.92. The van der Waals surface area contributed by atoms with Gasteiger partial charge in [0.25, 0.3) is 11.8 Å². The van der Waals surface area contributed by atoms with Gasteiger partial charge >= 0.3 is 0 Å². The van der Waals surface area contributed by atoms with Gasteiger partial charge in [-0.15, -0.1) is 22.7 Å². The molecule has 10 atom stereocenters. The van der Waals surface area contributed by atoms with E-state index in [2.05, 4.69) is 31.2 Å². The van der Waals surface area contributed by atoms with Crippen molar-refractivity contribution in [2.75, 3.05) is 0 Å². The number of hydrogen-bond acceptors (Lipinski definition) is 12. The van der Waals surface area contributed by atoms with Gasteiger partial charge < -0.3 is 30.7 Å². The molecule has 284 valence electrons. The number of thiazole rings is 2. The van der Waals surface area contributed by atoms with E-state index in [0.717, 1.165) is 0 Å². The fourth-order valence-corrected chi connectivity index (χ4v) is 8.32. The summed E-state index contributed by atoms with van der Waals surface area (Å²) in [6.45, 7) is 19.4. The second-order valence-corrected chi connectivity index (χ2v) is 16.5. The molecule has 14 nitrogen and oxygen atoms in total. The Kier molecular flexibility index (Phi) is 12.4. The van der Waals surface area contributed by atoms with Crippen molar-refractivity contribution in [3.05, 3.63) is 32.2 Å². The van der Waals surface area contributed by atoms with E-state index in [1.807, 2.05) is 55.4 Å². The van der Waals surface area contributed by atoms with Crippen LogP contribution in [-0.4, -0.2) is 81.8 Å². The maximum atomic E-state index is 13.8. The largest absolute Gasteiger partial charge is 0.474 e. The molecule has 4 amide bonds. The van der Waals surface area contributed by atoms with Crippen molar-refractivity contribution in [3.8, 4) is 0 Å². The van der Waals surface area contributed by atoms with Crippen molar-refractivity contribution in [3.63, 3.8) is 0 Å².